The summed E-state index contributed by atoms with van der Waals surface area (Å²) < 4.78 is 15.9. The Balaban J connectivity index is 2.07. The van der Waals surface area contributed by atoms with Crippen LogP contribution in [-0.2, 0) is 39.1 Å². The molecule has 1 aliphatic carbocycles. The number of carbonyl (C=O) groups excluding carboxylic acids is 2. The van der Waals surface area contributed by atoms with Crippen LogP contribution in [0, 0.1) is 12.8 Å². The summed E-state index contributed by atoms with van der Waals surface area (Å²) in [5.74, 6) is -0.909. The predicted octanol–water partition coefficient (Wildman–Crippen LogP) is 3.11. The van der Waals surface area contributed by atoms with E-state index in [1.54, 1.807) is 36.4 Å². The Labute approximate surface area is 203 Å². The first kappa shape index (κ1) is 25.7. The van der Waals surface area contributed by atoms with E-state index in [1.165, 1.54) is 34.4 Å². The Morgan fingerprint density at radius 3 is 2.31 bits per heavy atom. The minimum absolute atomic E-state index is 0.0652. The predicted molar refractivity (Wildman–Crippen MR) is 127 cm³/mol. The van der Waals surface area contributed by atoms with E-state index >= 15 is 0 Å². The van der Waals surface area contributed by atoms with Crippen molar-refractivity contribution in [3.05, 3.63) is 65.0 Å². The molecule has 1 heterocycles. The molecule has 1 aliphatic rings. The summed E-state index contributed by atoms with van der Waals surface area (Å²) in [6, 6.07) is 10.3. The van der Waals surface area contributed by atoms with Gasteiger partial charge in [0.05, 0.1) is 20.8 Å². The first-order chi connectivity index (χ1) is 16.8. The van der Waals surface area contributed by atoms with Crippen LogP contribution in [0.4, 0.5) is 0 Å². The van der Waals surface area contributed by atoms with E-state index in [4.69, 9.17) is 23.9 Å². The molecular weight excluding hydrogens is 454 g/mol. The van der Waals surface area contributed by atoms with Crippen molar-refractivity contribution in [1.82, 2.24) is 4.98 Å². The Bertz CT molecular complexity index is 1110. The van der Waals surface area contributed by atoms with Crippen molar-refractivity contribution in [3.8, 4) is 0 Å². The van der Waals surface area contributed by atoms with Crippen molar-refractivity contribution >= 4 is 23.5 Å². The molecule has 0 N–H and O–H groups in total. The molecule has 0 amide bonds. The van der Waals surface area contributed by atoms with Crippen molar-refractivity contribution in [2.45, 2.75) is 32.3 Å². The molecule has 0 radical (unpaired) electrons. The molecule has 1 unspecified atom stereocenters. The Morgan fingerprint density at radius 1 is 1.03 bits per heavy atom. The van der Waals surface area contributed by atoms with E-state index in [2.05, 4.69) is 15.3 Å². The van der Waals surface area contributed by atoms with Gasteiger partial charge in [-0.15, -0.1) is 0 Å². The summed E-state index contributed by atoms with van der Waals surface area (Å²) in [5, 5.41) is 8.07. The molecule has 0 saturated heterocycles. The lowest BCUT2D eigenvalue weighted by Gasteiger charge is -2.25. The smallest absolute Gasteiger partial charge is 0.360 e. The molecule has 10 heteroatoms. The fraction of sp³-hybridized carbons (Fsp3) is 0.400. The number of rotatable bonds is 10. The SMILES string of the molecule is CO/N=C(/C(=O)OC)c1ccccc1/C(=N\OC(C)(C(=O)OC)c1ccc(C)nc1)OCC1CC1. The van der Waals surface area contributed by atoms with Crippen LogP contribution in [-0.4, -0.2) is 56.5 Å². The van der Waals surface area contributed by atoms with Gasteiger partial charge >= 0.3 is 11.9 Å². The Hall–Kier alpha value is -3.95. The molecule has 1 aromatic heterocycles. The number of ether oxygens (including phenoxy) is 3. The first-order valence-corrected chi connectivity index (χ1v) is 11.0. The van der Waals surface area contributed by atoms with Crippen molar-refractivity contribution < 1.29 is 33.5 Å². The van der Waals surface area contributed by atoms with Crippen molar-refractivity contribution in [2.75, 3.05) is 27.9 Å². The molecule has 0 spiro atoms. The van der Waals surface area contributed by atoms with Crippen LogP contribution < -0.4 is 0 Å². The van der Waals surface area contributed by atoms with E-state index in [0.29, 0.717) is 29.2 Å². The fourth-order valence-corrected chi connectivity index (χ4v) is 3.18. The highest BCUT2D eigenvalue weighted by atomic mass is 16.7. The summed E-state index contributed by atoms with van der Waals surface area (Å²) in [4.78, 5) is 40.1. The standard InChI is InChI=1S/C25H29N3O7/c1-16-10-13-18(14-26-16)25(2,24(30)32-4)35-28-22(34-15-17-11-12-17)20-9-7-6-8-19(20)21(27-33-5)23(29)31-3/h6-10,13-14,17H,11-12,15H2,1-5H3/b27-21+,28-22+. The van der Waals surface area contributed by atoms with Gasteiger partial charge in [-0.05, 0) is 49.9 Å². The third-order valence-electron chi connectivity index (χ3n) is 5.47. The zero-order chi connectivity index (χ0) is 25.4. The summed E-state index contributed by atoms with van der Waals surface area (Å²) in [5.41, 5.74) is 0.306. The number of hydrogen-bond donors (Lipinski definition) is 0. The second-order valence-electron chi connectivity index (χ2n) is 8.11. The molecule has 3 rings (SSSR count). The zero-order valence-electron chi connectivity index (χ0n) is 20.4. The number of pyridine rings is 1. The second-order valence-corrected chi connectivity index (χ2v) is 8.11. The number of oxime groups is 2. The molecule has 1 atom stereocenters. The fourth-order valence-electron chi connectivity index (χ4n) is 3.18. The van der Waals surface area contributed by atoms with Crippen molar-refractivity contribution in [1.29, 1.82) is 0 Å². The summed E-state index contributed by atoms with van der Waals surface area (Å²) in [6.07, 6.45) is 3.62. The van der Waals surface area contributed by atoms with Gasteiger partial charge in [0.2, 0.25) is 0 Å². The minimum atomic E-state index is -1.61. The number of aryl methyl sites for hydroxylation is 1. The molecule has 10 nitrogen and oxygen atoms in total. The third kappa shape index (κ3) is 6.14. The normalized spacial score (nSPS) is 15.6. The van der Waals surface area contributed by atoms with E-state index in [-0.39, 0.29) is 11.6 Å². The zero-order valence-corrected chi connectivity index (χ0v) is 20.4. The van der Waals surface area contributed by atoms with Gasteiger partial charge in [-0.3, -0.25) is 4.98 Å². The highest BCUT2D eigenvalue weighted by molar-refractivity contribution is 6.44. The quantitative estimate of drug-likeness (QED) is 0.219. The molecule has 186 valence electrons. The molecule has 0 bridgehead atoms. The molecular formula is C25H29N3O7. The van der Waals surface area contributed by atoms with E-state index < -0.39 is 17.5 Å². The van der Waals surface area contributed by atoms with E-state index in [0.717, 1.165) is 18.5 Å². The highest BCUT2D eigenvalue weighted by Gasteiger charge is 2.41. The van der Waals surface area contributed by atoms with Gasteiger partial charge in [0.25, 0.3) is 11.5 Å². The lowest BCUT2D eigenvalue weighted by molar-refractivity contribution is -0.169. The molecule has 1 fully saturated rings. The Kier molecular flexibility index (Phi) is 8.40. The molecule has 1 aromatic carbocycles. The van der Waals surface area contributed by atoms with Gasteiger partial charge in [0.1, 0.15) is 7.11 Å². The molecule has 2 aromatic rings. The second kappa shape index (κ2) is 11.5. The van der Waals surface area contributed by atoms with E-state index in [1.807, 2.05) is 6.92 Å². The van der Waals surface area contributed by atoms with Gasteiger partial charge in [-0.2, -0.15) is 0 Å². The van der Waals surface area contributed by atoms with Crippen LogP contribution in [0.1, 0.15) is 42.1 Å². The summed E-state index contributed by atoms with van der Waals surface area (Å²) >= 11 is 0. The lowest BCUT2D eigenvalue weighted by Crippen LogP contribution is -2.36. The monoisotopic (exact) mass is 483 g/mol. The van der Waals surface area contributed by atoms with Gasteiger partial charge in [-0.25, -0.2) is 9.59 Å². The van der Waals surface area contributed by atoms with Crippen LogP contribution in [0.15, 0.2) is 52.9 Å². The van der Waals surface area contributed by atoms with E-state index in [9.17, 15) is 9.59 Å². The van der Waals surface area contributed by atoms with Crippen molar-refractivity contribution in [3.63, 3.8) is 0 Å². The van der Waals surface area contributed by atoms with Gasteiger partial charge in [-0.1, -0.05) is 29.4 Å². The average Bonchev–Trinajstić information content (AvgIpc) is 3.71. The van der Waals surface area contributed by atoms with Crippen LogP contribution in [0.3, 0.4) is 0 Å². The molecule has 0 aliphatic heterocycles. The molecule has 35 heavy (non-hydrogen) atoms. The van der Waals surface area contributed by atoms with Crippen LogP contribution in [0.2, 0.25) is 0 Å². The number of esters is 2. The van der Waals surface area contributed by atoms with Crippen molar-refractivity contribution in [2.24, 2.45) is 16.2 Å². The topological polar surface area (TPSA) is 118 Å². The van der Waals surface area contributed by atoms with Gasteiger partial charge in [0.15, 0.2) is 5.71 Å². The summed E-state index contributed by atoms with van der Waals surface area (Å²) in [6.45, 7) is 3.76. The maximum Gasteiger partial charge on any atom is 0.360 e. The minimum Gasteiger partial charge on any atom is -0.475 e. The number of benzene rings is 1. The molecule has 1 saturated carbocycles. The van der Waals surface area contributed by atoms with Crippen LogP contribution >= 0.6 is 0 Å². The highest BCUT2D eigenvalue weighted by Crippen LogP contribution is 2.31. The maximum absolute atomic E-state index is 12.8. The number of nitrogens with zero attached hydrogens (tertiary/aromatic N) is 3. The number of aromatic nitrogens is 1. The van der Waals surface area contributed by atoms with Gasteiger partial charge in [0, 0.05) is 28.6 Å². The largest absolute Gasteiger partial charge is 0.475 e. The van der Waals surface area contributed by atoms with Crippen LogP contribution in [0.5, 0.6) is 0 Å². The average molecular weight is 484 g/mol. The number of carbonyl (C=O) groups is 2. The van der Waals surface area contributed by atoms with Gasteiger partial charge < -0.3 is 23.9 Å². The summed E-state index contributed by atoms with van der Waals surface area (Å²) in [7, 11) is 3.83. The maximum atomic E-state index is 12.8. The lowest BCUT2D eigenvalue weighted by atomic mass is 9.97. The van der Waals surface area contributed by atoms with Crippen LogP contribution in [0.25, 0.3) is 0 Å². The third-order valence-corrected chi connectivity index (χ3v) is 5.47. The Morgan fingerprint density at radius 2 is 1.74 bits per heavy atom. The number of methoxy groups -OCH3 is 2. The first-order valence-electron chi connectivity index (χ1n) is 11.0. The number of hydrogen-bond acceptors (Lipinski definition) is 10.